The molecule has 6 heterocycles. The molecule has 10 rings (SSSR count). The van der Waals surface area contributed by atoms with Crippen molar-refractivity contribution in [2.24, 2.45) is 11.3 Å². The molecule has 3 aromatic carbocycles. The fraction of sp³-hybridized carbons (Fsp3) is 0.435. The number of amides is 3. The van der Waals surface area contributed by atoms with E-state index in [0.29, 0.717) is 30.6 Å². The summed E-state index contributed by atoms with van der Waals surface area (Å²) in [6.07, 6.45) is 7.77. The molecule has 57 heavy (non-hydrogen) atoms. The number of carbonyl (C=O) groups is 3. The Hall–Kier alpha value is -5.42. The molecule has 1 aromatic heterocycles. The van der Waals surface area contributed by atoms with Gasteiger partial charge in [-0.25, -0.2) is 4.98 Å². The van der Waals surface area contributed by atoms with E-state index in [4.69, 9.17) is 9.72 Å². The average molecular weight is 767 g/mol. The lowest BCUT2D eigenvalue weighted by Gasteiger charge is -2.54. The number of nitrogens with zero attached hydrogens (tertiary/aromatic N) is 5. The summed E-state index contributed by atoms with van der Waals surface area (Å²) in [4.78, 5) is 51.4. The van der Waals surface area contributed by atoms with Crippen LogP contribution in [-0.2, 0) is 16.1 Å². The molecule has 0 radical (unpaired) electrons. The second-order valence-electron chi connectivity index (χ2n) is 17.3. The van der Waals surface area contributed by atoms with Gasteiger partial charge in [-0.3, -0.25) is 24.6 Å². The van der Waals surface area contributed by atoms with Gasteiger partial charge in [-0.2, -0.15) is 0 Å². The zero-order chi connectivity index (χ0) is 38.7. The number of hydrogen-bond acceptors (Lipinski definition) is 9. The summed E-state index contributed by atoms with van der Waals surface area (Å²) in [6, 6.07) is 26.0. The Bertz CT molecular complexity index is 2170. The molecule has 0 bridgehead atoms. The predicted octanol–water partition coefficient (Wildman–Crippen LogP) is 5.68. The zero-order valence-corrected chi connectivity index (χ0v) is 32.3. The third-order valence-corrected chi connectivity index (χ3v) is 13.9. The number of rotatable bonds is 7. The maximum absolute atomic E-state index is 13.2. The molecule has 1 spiro atoms. The van der Waals surface area contributed by atoms with Gasteiger partial charge in [0.2, 0.25) is 11.8 Å². The van der Waals surface area contributed by atoms with Crippen molar-refractivity contribution in [3.63, 3.8) is 0 Å². The minimum absolute atomic E-state index is 0.0868. The highest BCUT2D eigenvalue weighted by atomic mass is 16.5. The Labute approximate surface area is 333 Å². The minimum Gasteiger partial charge on any atom is -0.508 e. The quantitative estimate of drug-likeness (QED) is 0.230. The molecule has 4 aromatic rings. The molecule has 3 saturated heterocycles. The number of imide groups is 1. The molecule has 11 heteroatoms. The second-order valence-corrected chi connectivity index (χ2v) is 17.3. The molecule has 1 saturated carbocycles. The first-order valence-corrected chi connectivity index (χ1v) is 20.8. The number of benzene rings is 3. The molecule has 0 unspecified atom stereocenters. The van der Waals surface area contributed by atoms with Crippen LogP contribution >= 0.6 is 0 Å². The normalized spacial score (nSPS) is 24.8. The van der Waals surface area contributed by atoms with Crippen LogP contribution in [0.2, 0.25) is 0 Å². The molecule has 11 nitrogen and oxygen atoms in total. The molecular weight excluding hydrogens is 717 g/mol. The van der Waals surface area contributed by atoms with Crippen LogP contribution in [0.3, 0.4) is 0 Å². The van der Waals surface area contributed by atoms with Gasteiger partial charge in [-0.05, 0) is 90.5 Å². The Morgan fingerprint density at radius 3 is 2.40 bits per heavy atom. The lowest BCUT2D eigenvalue weighted by Crippen LogP contribution is -2.53. The Morgan fingerprint density at radius 1 is 0.842 bits per heavy atom. The highest BCUT2D eigenvalue weighted by Crippen LogP contribution is 2.53. The first-order chi connectivity index (χ1) is 27.8. The van der Waals surface area contributed by atoms with Crippen LogP contribution in [0.1, 0.15) is 83.0 Å². The van der Waals surface area contributed by atoms with E-state index >= 15 is 0 Å². The van der Waals surface area contributed by atoms with Gasteiger partial charge in [0.1, 0.15) is 23.4 Å². The van der Waals surface area contributed by atoms with Crippen LogP contribution in [0.25, 0.3) is 0 Å². The summed E-state index contributed by atoms with van der Waals surface area (Å²) in [5.41, 5.74) is 6.72. The third kappa shape index (κ3) is 6.79. The first-order valence-electron chi connectivity index (χ1n) is 20.8. The Balaban J connectivity index is 0.706. The van der Waals surface area contributed by atoms with E-state index in [0.717, 1.165) is 73.6 Å². The predicted molar refractivity (Wildman–Crippen MR) is 217 cm³/mol. The fourth-order valence-corrected chi connectivity index (χ4v) is 10.8. The topological polar surface area (TPSA) is 119 Å². The number of phenols is 1. The van der Waals surface area contributed by atoms with Crippen molar-refractivity contribution in [2.75, 3.05) is 62.2 Å². The highest BCUT2D eigenvalue weighted by Gasteiger charge is 2.46. The van der Waals surface area contributed by atoms with Crippen molar-refractivity contribution in [1.82, 2.24) is 20.1 Å². The van der Waals surface area contributed by atoms with Gasteiger partial charge in [0.25, 0.3) is 5.91 Å². The summed E-state index contributed by atoms with van der Waals surface area (Å²) < 4.78 is 6.17. The minimum atomic E-state index is -0.586. The number of piperazine rings is 1. The van der Waals surface area contributed by atoms with Crippen LogP contribution < -0.4 is 19.9 Å². The van der Waals surface area contributed by atoms with Crippen molar-refractivity contribution >= 4 is 29.2 Å². The maximum Gasteiger partial charge on any atom is 0.255 e. The highest BCUT2D eigenvalue weighted by molar-refractivity contribution is 6.05. The Morgan fingerprint density at radius 2 is 1.65 bits per heavy atom. The van der Waals surface area contributed by atoms with E-state index in [9.17, 15) is 19.5 Å². The number of aromatic hydroxyl groups is 1. The van der Waals surface area contributed by atoms with Gasteiger partial charge >= 0.3 is 0 Å². The Kier molecular flexibility index (Phi) is 9.15. The fourth-order valence-electron chi connectivity index (χ4n) is 10.8. The molecule has 2 N–H and O–H groups in total. The van der Waals surface area contributed by atoms with Crippen molar-refractivity contribution in [3.8, 4) is 11.5 Å². The van der Waals surface area contributed by atoms with Crippen molar-refractivity contribution < 1.29 is 24.2 Å². The van der Waals surface area contributed by atoms with Crippen LogP contribution in [0.4, 0.5) is 11.5 Å². The van der Waals surface area contributed by atoms with E-state index in [1.165, 1.54) is 43.4 Å². The summed E-state index contributed by atoms with van der Waals surface area (Å²) in [5, 5.41) is 12.5. The van der Waals surface area contributed by atoms with E-state index in [2.05, 4.69) is 68.7 Å². The van der Waals surface area contributed by atoms with E-state index in [1.807, 2.05) is 24.3 Å². The number of hydrogen-bond donors (Lipinski definition) is 2. The van der Waals surface area contributed by atoms with E-state index in [-0.39, 0.29) is 41.7 Å². The second kappa shape index (κ2) is 14.5. The summed E-state index contributed by atoms with van der Waals surface area (Å²) in [7, 11) is 0. The molecule has 3 amide bonds. The lowest BCUT2D eigenvalue weighted by molar-refractivity contribution is -0.136. The van der Waals surface area contributed by atoms with Gasteiger partial charge in [-0.15, -0.1) is 0 Å². The molecule has 3 atom stereocenters. The largest absolute Gasteiger partial charge is 0.508 e. The number of aromatic nitrogens is 1. The molecule has 294 valence electrons. The van der Waals surface area contributed by atoms with Crippen molar-refractivity contribution in [3.05, 3.63) is 113 Å². The van der Waals surface area contributed by atoms with Gasteiger partial charge in [0.15, 0.2) is 0 Å². The third-order valence-electron chi connectivity index (χ3n) is 13.9. The summed E-state index contributed by atoms with van der Waals surface area (Å²) in [6.45, 7) is 8.20. The number of ether oxygens (including phenoxy) is 1. The van der Waals surface area contributed by atoms with Gasteiger partial charge in [0.05, 0.1) is 6.61 Å². The van der Waals surface area contributed by atoms with E-state index in [1.54, 1.807) is 17.0 Å². The molecule has 6 aliphatic rings. The average Bonchev–Trinajstić information content (AvgIpc) is 3.55. The van der Waals surface area contributed by atoms with Gasteiger partial charge in [-0.1, -0.05) is 42.5 Å². The lowest BCUT2D eigenvalue weighted by atomic mass is 9.57. The number of pyridine rings is 1. The van der Waals surface area contributed by atoms with Gasteiger partial charge in [0, 0.05) is 99.7 Å². The number of piperidine rings is 2. The van der Waals surface area contributed by atoms with E-state index < -0.39 is 6.04 Å². The molecule has 5 aliphatic heterocycles. The monoisotopic (exact) mass is 766 g/mol. The standard InChI is InChI=1S/C46H50N6O5/c53-35-8-10-37-40(23-35)57-29-38(31-4-2-1-3-5-31)43(37)32-6-12-41(47-26-32)51-16-14-46(15-17-51)24-30(25-46)27-49-18-20-50(21-19-49)34-7-9-36-33(22-34)28-52(45(36)56)39-11-13-42(54)48-44(39)55/h1-10,12,22-23,26,30,38-39,43,53H,11,13-21,24-25,27-29H2,(H,48,54,55)/t38-,39-,43-/m1/s1. The van der Waals surface area contributed by atoms with Crippen LogP contribution in [-0.4, -0.2) is 96.1 Å². The molecule has 1 aliphatic carbocycles. The number of fused-ring (bicyclic) bond motifs is 2. The molecular formula is C46H50N6O5. The number of nitrogens with one attached hydrogen (secondary N) is 1. The SMILES string of the molecule is O=C1CC[C@@H](N2Cc3cc(N4CCN(CC5CC6(CCN(c7ccc([C@@H]8c9ccc(O)cc9OC[C@@H]8c8ccccc8)cn7)CC6)C5)CC4)ccc3C2=O)C(=O)N1. The number of phenolic OH excluding ortho intramolecular Hbond substituents is 1. The zero-order valence-electron chi connectivity index (χ0n) is 32.3. The smallest absolute Gasteiger partial charge is 0.255 e. The van der Waals surface area contributed by atoms with Crippen molar-refractivity contribution in [1.29, 1.82) is 0 Å². The number of anilines is 2. The number of carbonyl (C=O) groups excluding carboxylic acids is 3. The van der Waals surface area contributed by atoms with Gasteiger partial charge < -0.3 is 24.5 Å². The van der Waals surface area contributed by atoms with Crippen LogP contribution in [0.15, 0.2) is 85.1 Å². The summed E-state index contributed by atoms with van der Waals surface area (Å²) >= 11 is 0. The van der Waals surface area contributed by atoms with Crippen LogP contribution in [0, 0.1) is 11.3 Å². The maximum atomic E-state index is 13.2. The molecule has 4 fully saturated rings. The van der Waals surface area contributed by atoms with Crippen LogP contribution in [0.5, 0.6) is 11.5 Å². The summed E-state index contributed by atoms with van der Waals surface area (Å²) in [5.74, 6) is 2.26. The van der Waals surface area contributed by atoms with Crippen molar-refractivity contribution in [2.45, 2.75) is 62.9 Å². The first kappa shape index (κ1) is 36.0.